The van der Waals surface area contributed by atoms with E-state index in [1.54, 1.807) is 30.3 Å². The van der Waals surface area contributed by atoms with Gasteiger partial charge in [0.1, 0.15) is 21.0 Å². The number of halogens is 1. The van der Waals surface area contributed by atoms with Gasteiger partial charge in [0.2, 0.25) is 5.16 Å². The van der Waals surface area contributed by atoms with Gasteiger partial charge < -0.3 is 15.4 Å². The maximum atomic E-state index is 13.2. The summed E-state index contributed by atoms with van der Waals surface area (Å²) in [5, 5.41) is 13.3. The van der Waals surface area contributed by atoms with Crippen LogP contribution in [-0.4, -0.2) is 47.0 Å². The number of phenolic OH excluding ortho intramolecular Hbond substituents is 1. The smallest absolute Gasteiger partial charge is 0.328 e. The van der Waals surface area contributed by atoms with Gasteiger partial charge in [0, 0.05) is 17.3 Å². The molecule has 0 saturated heterocycles. The van der Waals surface area contributed by atoms with Crippen LogP contribution < -0.4 is 11.0 Å². The number of carbonyl (C=O) groups is 1. The molecule has 0 aliphatic carbocycles. The number of para-hydroxylation sites is 1. The number of aromatic nitrogens is 4. The summed E-state index contributed by atoms with van der Waals surface area (Å²) >= 11 is 6.01. The minimum absolute atomic E-state index is 0.0714. The highest BCUT2D eigenvalue weighted by Crippen LogP contribution is 2.22. The maximum absolute atomic E-state index is 13.2. The third kappa shape index (κ3) is 6.71. The van der Waals surface area contributed by atoms with Gasteiger partial charge >= 0.3 is 5.69 Å². The zero-order valence-electron chi connectivity index (χ0n) is 22.4. The van der Waals surface area contributed by atoms with E-state index in [2.05, 4.69) is 20.3 Å². The predicted octanol–water partition coefficient (Wildman–Crippen LogP) is 4.73. The van der Waals surface area contributed by atoms with Gasteiger partial charge in [0.05, 0.1) is 17.8 Å². The summed E-state index contributed by atoms with van der Waals surface area (Å²) < 4.78 is 23.1. The van der Waals surface area contributed by atoms with Crippen molar-refractivity contribution in [1.29, 1.82) is 4.78 Å². The molecule has 0 aliphatic heterocycles. The molecular formula is C28H33ClN6O4S. The highest BCUT2D eigenvalue weighted by molar-refractivity contribution is 7.92. The predicted molar refractivity (Wildman–Crippen MR) is 156 cm³/mol. The summed E-state index contributed by atoms with van der Waals surface area (Å²) in [6.45, 7) is 4.45. The zero-order valence-corrected chi connectivity index (χ0v) is 24.0. The third-order valence-corrected chi connectivity index (χ3v) is 8.79. The Bertz CT molecular complexity index is 1660. The van der Waals surface area contributed by atoms with E-state index in [0.717, 1.165) is 12.0 Å². The van der Waals surface area contributed by atoms with Gasteiger partial charge in [0.25, 0.3) is 5.91 Å². The first-order valence-electron chi connectivity index (χ1n) is 13.2. The van der Waals surface area contributed by atoms with Crippen molar-refractivity contribution in [2.75, 3.05) is 12.3 Å². The quantitative estimate of drug-likeness (QED) is 0.176. The number of amides is 1. The first-order chi connectivity index (χ1) is 19.1. The van der Waals surface area contributed by atoms with Crippen molar-refractivity contribution < 1.29 is 14.1 Å². The van der Waals surface area contributed by atoms with Gasteiger partial charge in [-0.1, -0.05) is 56.1 Å². The zero-order chi connectivity index (χ0) is 28.9. The second-order valence-electron chi connectivity index (χ2n) is 9.71. The number of benzene rings is 2. The number of H-pyrrole nitrogens is 1. The van der Waals surface area contributed by atoms with Gasteiger partial charge in [-0.2, -0.15) is 4.98 Å². The molecule has 0 fully saturated rings. The number of phenols is 1. The number of nitrogens with one attached hydrogen (secondary N) is 3. The normalized spacial score (nSPS) is 13.7. The van der Waals surface area contributed by atoms with E-state index in [1.807, 2.05) is 26.0 Å². The lowest BCUT2D eigenvalue weighted by Crippen LogP contribution is -2.29. The summed E-state index contributed by atoms with van der Waals surface area (Å²) in [6.07, 6.45) is 2.32. The number of rotatable bonds is 12. The molecule has 212 valence electrons. The van der Waals surface area contributed by atoms with Crippen LogP contribution in [-0.2, 0) is 22.7 Å². The van der Waals surface area contributed by atoms with Crippen molar-refractivity contribution in [1.82, 2.24) is 24.8 Å². The number of aromatic amines is 1. The summed E-state index contributed by atoms with van der Waals surface area (Å²) in [5.41, 5.74) is 1.92. The highest BCUT2D eigenvalue weighted by Gasteiger charge is 2.22. The average Bonchev–Trinajstić information content (AvgIpc) is 3.24. The van der Waals surface area contributed by atoms with Crippen LogP contribution in [0.3, 0.4) is 0 Å². The Labute approximate surface area is 237 Å². The molecule has 2 heterocycles. The van der Waals surface area contributed by atoms with E-state index in [4.69, 9.17) is 16.4 Å². The lowest BCUT2D eigenvalue weighted by atomic mass is 9.98. The van der Waals surface area contributed by atoms with E-state index >= 15 is 0 Å². The number of hydrogen-bond donors (Lipinski definition) is 4. The molecule has 12 heteroatoms. The standard InChI is InChI=1S/C28H33ClN6O4S/c1-3-15-40(30,39)27-32-22(14-11-18(4-2)16-31-26(37)21-7-5-6-8-23(21)36)24-25(34-27)35(28(38)33-24)17-19-9-12-20(29)13-10-19/h5-10,12-13,18,30,36H,3-4,11,14-17H2,1-2H3,(H,31,37)(H,33,38). The molecule has 4 rings (SSSR count). The van der Waals surface area contributed by atoms with Crippen LogP contribution in [0.1, 0.15) is 54.7 Å². The molecule has 2 unspecified atom stereocenters. The molecule has 0 spiro atoms. The fourth-order valence-corrected chi connectivity index (χ4v) is 5.86. The minimum Gasteiger partial charge on any atom is -0.507 e. The van der Waals surface area contributed by atoms with Crippen molar-refractivity contribution in [3.8, 4) is 5.75 Å². The number of carbonyl (C=O) groups excluding carboxylic acids is 1. The monoisotopic (exact) mass is 584 g/mol. The molecule has 0 bridgehead atoms. The lowest BCUT2D eigenvalue weighted by Gasteiger charge is -2.16. The second kappa shape index (κ2) is 12.6. The highest BCUT2D eigenvalue weighted by atomic mass is 35.5. The van der Waals surface area contributed by atoms with Crippen LogP contribution in [0, 0.1) is 10.7 Å². The lowest BCUT2D eigenvalue weighted by molar-refractivity contribution is 0.0943. The van der Waals surface area contributed by atoms with Crippen molar-refractivity contribution >= 4 is 38.4 Å². The number of hydrogen-bond acceptors (Lipinski definition) is 7. The Morgan fingerprint density at radius 1 is 1.18 bits per heavy atom. The second-order valence-corrected chi connectivity index (χ2v) is 12.3. The van der Waals surface area contributed by atoms with E-state index in [-0.39, 0.29) is 46.3 Å². The number of nitrogens with zero attached hydrogens (tertiary/aromatic N) is 3. The summed E-state index contributed by atoms with van der Waals surface area (Å²) in [4.78, 5) is 37.4. The van der Waals surface area contributed by atoms with Crippen LogP contribution in [0.25, 0.3) is 11.2 Å². The fourth-order valence-electron chi connectivity index (χ4n) is 4.48. The summed E-state index contributed by atoms with van der Waals surface area (Å²) in [7, 11) is -3.26. The third-order valence-electron chi connectivity index (χ3n) is 6.78. The molecule has 0 radical (unpaired) electrons. The van der Waals surface area contributed by atoms with Crippen molar-refractivity contribution in [2.45, 2.75) is 51.2 Å². The summed E-state index contributed by atoms with van der Waals surface area (Å²) in [5.74, 6) is -0.260. The van der Waals surface area contributed by atoms with E-state index < -0.39 is 9.73 Å². The molecule has 40 heavy (non-hydrogen) atoms. The molecule has 2 aromatic carbocycles. The first kappa shape index (κ1) is 29.3. The summed E-state index contributed by atoms with van der Waals surface area (Å²) in [6, 6.07) is 13.5. The molecule has 0 aliphatic rings. The van der Waals surface area contributed by atoms with Gasteiger partial charge in [-0.3, -0.25) is 9.36 Å². The van der Waals surface area contributed by atoms with Gasteiger partial charge in [-0.15, -0.1) is 0 Å². The number of aromatic hydroxyl groups is 1. The Hall–Kier alpha value is -3.70. The maximum Gasteiger partial charge on any atom is 0.328 e. The Morgan fingerprint density at radius 2 is 1.90 bits per heavy atom. The van der Waals surface area contributed by atoms with Crippen LogP contribution in [0.4, 0.5) is 0 Å². The molecule has 0 saturated carbocycles. The number of imidazole rings is 1. The van der Waals surface area contributed by atoms with E-state index in [9.17, 15) is 18.9 Å². The molecular weight excluding hydrogens is 552 g/mol. The van der Waals surface area contributed by atoms with Gasteiger partial charge in [0.15, 0.2) is 5.65 Å². The van der Waals surface area contributed by atoms with E-state index in [1.165, 1.54) is 10.6 Å². The topological polar surface area (TPSA) is 154 Å². The molecule has 4 aromatic rings. The van der Waals surface area contributed by atoms with Crippen LogP contribution in [0.5, 0.6) is 5.75 Å². The van der Waals surface area contributed by atoms with E-state index in [0.29, 0.717) is 47.7 Å². The number of fused-ring (bicyclic) bond motifs is 1. The van der Waals surface area contributed by atoms with Crippen LogP contribution in [0.15, 0.2) is 58.5 Å². The van der Waals surface area contributed by atoms with Crippen LogP contribution >= 0.6 is 11.6 Å². The average molecular weight is 585 g/mol. The Balaban J connectivity index is 1.62. The van der Waals surface area contributed by atoms with Crippen molar-refractivity contribution in [2.24, 2.45) is 5.92 Å². The molecule has 4 N–H and O–H groups in total. The molecule has 1 amide bonds. The molecule has 2 atom stereocenters. The Kier molecular flexibility index (Phi) is 9.26. The Morgan fingerprint density at radius 3 is 2.58 bits per heavy atom. The van der Waals surface area contributed by atoms with Gasteiger partial charge in [-0.25, -0.2) is 18.8 Å². The fraction of sp³-hybridized carbons (Fsp3) is 0.357. The molecule has 10 nitrogen and oxygen atoms in total. The first-order valence-corrected chi connectivity index (χ1v) is 15.3. The molecule has 2 aromatic heterocycles. The minimum atomic E-state index is -3.26. The SMILES string of the molecule is CCCS(=N)(=O)c1nc(CCC(CC)CNC(=O)c2ccccc2O)c2[nH]c(=O)n(Cc3ccc(Cl)cc3)c2n1. The van der Waals surface area contributed by atoms with Crippen LogP contribution in [0.2, 0.25) is 5.02 Å². The largest absolute Gasteiger partial charge is 0.507 e. The number of aryl methyl sites for hydroxylation is 1. The van der Waals surface area contributed by atoms with Crippen molar-refractivity contribution in [3.63, 3.8) is 0 Å². The van der Waals surface area contributed by atoms with Gasteiger partial charge in [-0.05, 0) is 55.0 Å². The van der Waals surface area contributed by atoms with Crippen molar-refractivity contribution in [3.05, 3.63) is 80.9 Å².